The lowest BCUT2D eigenvalue weighted by molar-refractivity contribution is 0.130. The van der Waals surface area contributed by atoms with Crippen LogP contribution < -0.4 is 0 Å². The second kappa shape index (κ2) is 5.20. The Morgan fingerprint density at radius 3 is 2.56 bits per heavy atom. The van der Waals surface area contributed by atoms with Gasteiger partial charge in [-0.25, -0.2) is 4.99 Å². The predicted molar refractivity (Wildman–Crippen MR) is 69.9 cm³/mol. The Bertz CT molecular complexity index is 257. The van der Waals surface area contributed by atoms with E-state index in [9.17, 15) is 0 Å². The van der Waals surface area contributed by atoms with Crippen LogP contribution in [0, 0.1) is 11.8 Å². The molecule has 0 N–H and O–H groups in total. The summed E-state index contributed by atoms with van der Waals surface area (Å²) in [6.07, 6.45) is 3.74. The van der Waals surface area contributed by atoms with Crippen molar-refractivity contribution in [1.82, 2.24) is 0 Å². The molecule has 2 heteroatoms. The van der Waals surface area contributed by atoms with Crippen molar-refractivity contribution in [1.29, 1.82) is 0 Å². The van der Waals surface area contributed by atoms with Gasteiger partial charge in [-0.1, -0.05) is 27.2 Å². The quantitative estimate of drug-likeness (QED) is 0.707. The van der Waals surface area contributed by atoms with Gasteiger partial charge in [-0.2, -0.15) is 0 Å². The van der Waals surface area contributed by atoms with E-state index in [1.807, 2.05) is 0 Å². The third-order valence-corrected chi connectivity index (χ3v) is 3.40. The fourth-order valence-corrected chi connectivity index (χ4v) is 2.42. The van der Waals surface area contributed by atoms with Crippen molar-refractivity contribution in [2.75, 3.05) is 0 Å². The van der Waals surface area contributed by atoms with Crippen molar-refractivity contribution in [2.24, 2.45) is 16.8 Å². The molecule has 0 aromatic carbocycles. The van der Waals surface area contributed by atoms with Crippen molar-refractivity contribution in [3.05, 3.63) is 0 Å². The minimum atomic E-state index is 0.0523. The van der Waals surface area contributed by atoms with E-state index in [1.54, 1.807) is 0 Å². The number of rotatable bonds is 4. The molecule has 0 amide bonds. The Morgan fingerprint density at radius 1 is 1.44 bits per heavy atom. The summed E-state index contributed by atoms with van der Waals surface area (Å²) < 4.78 is 5.88. The molecule has 0 saturated carbocycles. The largest absolute Gasteiger partial charge is 0.478 e. The van der Waals surface area contributed by atoms with Crippen molar-refractivity contribution in [2.45, 2.75) is 72.4 Å². The first-order chi connectivity index (χ1) is 7.34. The van der Waals surface area contributed by atoms with Crippen LogP contribution in [-0.4, -0.2) is 17.5 Å². The highest BCUT2D eigenvalue weighted by Crippen LogP contribution is 2.28. The van der Waals surface area contributed by atoms with E-state index in [0.29, 0.717) is 12.0 Å². The first kappa shape index (κ1) is 13.5. The van der Waals surface area contributed by atoms with Crippen LogP contribution in [0.5, 0.6) is 0 Å². The third kappa shape index (κ3) is 3.80. The van der Waals surface area contributed by atoms with Crippen LogP contribution in [0.1, 0.15) is 60.8 Å². The SMILES string of the molecule is CC[C@H](C)C[C@@H](C)C1=NC(C)(C)C[C@H](C)O1. The summed E-state index contributed by atoms with van der Waals surface area (Å²) >= 11 is 0. The van der Waals surface area contributed by atoms with Crippen molar-refractivity contribution >= 4 is 5.90 Å². The molecule has 1 heterocycles. The zero-order valence-corrected chi connectivity index (χ0v) is 11.7. The first-order valence-corrected chi connectivity index (χ1v) is 6.60. The minimum Gasteiger partial charge on any atom is -0.478 e. The van der Waals surface area contributed by atoms with Gasteiger partial charge >= 0.3 is 0 Å². The average molecular weight is 225 g/mol. The lowest BCUT2D eigenvalue weighted by Crippen LogP contribution is -2.36. The molecule has 0 aliphatic carbocycles. The number of hydrogen-bond acceptors (Lipinski definition) is 2. The van der Waals surface area contributed by atoms with Gasteiger partial charge in [0.1, 0.15) is 0 Å². The number of ether oxygens (including phenoxy) is 1. The monoisotopic (exact) mass is 225 g/mol. The molecule has 0 aromatic heterocycles. The summed E-state index contributed by atoms with van der Waals surface area (Å²) in [5.74, 6) is 2.18. The van der Waals surface area contributed by atoms with Gasteiger partial charge in [-0.3, -0.25) is 0 Å². The van der Waals surface area contributed by atoms with Gasteiger partial charge in [0.25, 0.3) is 0 Å². The topological polar surface area (TPSA) is 21.6 Å². The molecule has 0 bridgehead atoms. The number of nitrogens with zero attached hydrogens (tertiary/aromatic N) is 1. The molecule has 94 valence electrons. The molecule has 3 atom stereocenters. The van der Waals surface area contributed by atoms with E-state index < -0.39 is 0 Å². The molecule has 1 rings (SSSR count). The second-order valence-electron chi connectivity index (χ2n) is 6.05. The zero-order chi connectivity index (χ0) is 12.3. The van der Waals surface area contributed by atoms with Crippen LogP contribution in [0.3, 0.4) is 0 Å². The van der Waals surface area contributed by atoms with E-state index in [-0.39, 0.29) is 5.54 Å². The molecule has 0 spiro atoms. The number of aliphatic imine (C=N–C) groups is 1. The molecule has 0 fully saturated rings. The van der Waals surface area contributed by atoms with Crippen molar-refractivity contribution in [3.8, 4) is 0 Å². The Kier molecular flexibility index (Phi) is 4.40. The van der Waals surface area contributed by atoms with Crippen LogP contribution in [0.2, 0.25) is 0 Å². The van der Waals surface area contributed by atoms with Gasteiger partial charge in [0, 0.05) is 12.3 Å². The van der Waals surface area contributed by atoms with Gasteiger partial charge in [0.15, 0.2) is 5.90 Å². The normalized spacial score (nSPS) is 27.9. The molecule has 1 aliphatic rings. The first-order valence-electron chi connectivity index (χ1n) is 6.60. The van der Waals surface area contributed by atoms with Crippen molar-refractivity contribution in [3.63, 3.8) is 0 Å². The smallest absolute Gasteiger partial charge is 0.186 e. The standard InChI is InChI=1S/C14H27NO/c1-7-10(2)8-11(3)13-15-14(5,6)9-12(4)16-13/h10-12H,7-9H2,1-6H3/t10-,11+,12-/m0/s1. The molecule has 2 nitrogen and oxygen atoms in total. The number of hydrogen-bond donors (Lipinski definition) is 0. The predicted octanol–water partition coefficient (Wildman–Crippen LogP) is 4.04. The molecule has 1 aliphatic heterocycles. The highest BCUT2D eigenvalue weighted by atomic mass is 16.5. The van der Waals surface area contributed by atoms with Gasteiger partial charge in [0.05, 0.1) is 11.6 Å². The van der Waals surface area contributed by atoms with Crippen LogP contribution in [0.4, 0.5) is 0 Å². The summed E-state index contributed by atoms with van der Waals surface area (Å²) in [6.45, 7) is 13.3. The summed E-state index contributed by atoms with van der Waals surface area (Å²) in [7, 11) is 0. The van der Waals surface area contributed by atoms with E-state index in [1.165, 1.54) is 12.8 Å². The maximum Gasteiger partial charge on any atom is 0.186 e. The van der Waals surface area contributed by atoms with Gasteiger partial charge in [-0.15, -0.1) is 0 Å². The van der Waals surface area contributed by atoms with Crippen LogP contribution in [-0.2, 0) is 4.74 Å². The fraction of sp³-hybridized carbons (Fsp3) is 0.929. The minimum absolute atomic E-state index is 0.0523. The fourth-order valence-electron chi connectivity index (χ4n) is 2.42. The zero-order valence-electron chi connectivity index (χ0n) is 11.7. The molecule has 16 heavy (non-hydrogen) atoms. The van der Waals surface area contributed by atoms with E-state index >= 15 is 0 Å². The Balaban J connectivity index is 2.68. The molecule has 0 radical (unpaired) electrons. The van der Waals surface area contributed by atoms with Crippen LogP contribution in [0.15, 0.2) is 4.99 Å². The summed E-state index contributed by atoms with van der Waals surface area (Å²) in [5, 5.41) is 0. The van der Waals surface area contributed by atoms with E-state index in [0.717, 1.165) is 18.2 Å². The lowest BCUT2D eigenvalue weighted by atomic mass is 9.92. The van der Waals surface area contributed by atoms with E-state index in [4.69, 9.17) is 9.73 Å². The van der Waals surface area contributed by atoms with Gasteiger partial charge in [0.2, 0.25) is 0 Å². The van der Waals surface area contributed by atoms with Gasteiger partial charge in [-0.05, 0) is 33.1 Å². The van der Waals surface area contributed by atoms with Gasteiger partial charge < -0.3 is 4.74 Å². The summed E-state index contributed by atoms with van der Waals surface area (Å²) in [5.41, 5.74) is 0.0523. The highest BCUT2D eigenvalue weighted by molar-refractivity contribution is 5.79. The average Bonchev–Trinajstić information content (AvgIpc) is 2.14. The Hall–Kier alpha value is -0.530. The lowest BCUT2D eigenvalue weighted by Gasteiger charge is -2.34. The molecular formula is C14H27NO. The second-order valence-corrected chi connectivity index (χ2v) is 6.05. The molecule has 0 aromatic rings. The maximum atomic E-state index is 5.88. The van der Waals surface area contributed by atoms with Crippen LogP contribution in [0.25, 0.3) is 0 Å². The highest BCUT2D eigenvalue weighted by Gasteiger charge is 2.30. The third-order valence-electron chi connectivity index (χ3n) is 3.40. The molecular weight excluding hydrogens is 198 g/mol. The molecule has 0 unspecified atom stereocenters. The maximum absolute atomic E-state index is 5.88. The Morgan fingerprint density at radius 2 is 2.06 bits per heavy atom. The van der Waals surface area contributed by atoms with E-state index in [2.05, 4.69) is 41.5 Å². The summed E-state index contributed by atoms with van der Waals surface area (Å²) in [4.78, 5) is 4.75. The van der Waals surface area contributed by atoms with Crippen molar-refractivity contribution < 1.29 is 4.74 Å². The summed E-state index contributed by atoms with van der Waals surface area (Å²) in [6, 6.07) is 0. The Labute approximate surface area is 100 Å². The molecule has 0 saturated heterocycles. The van der Waals surface area contributed by atoms with Crippen LogP contribution >= 0.6 is 0 Å².